The number of alkyl halides is 1. The molecule has 0 bridgehead atoms. The van der Waals surface area contributed by atoms with Gasteiger partial charge < -0.3 is 0 Å². The SMILES string of the molecule is O=S(=O)(c1cc(CCl)ccc1Br)N1CCN2CCCC2C1. The van der Waals surface area contributed by atoms with Crippen LogP contribution in [-0.4, -0.2) is 49.8 Å². The first-order valence-corrected chi connectivity index (χ1v) is 9.88. The molecule has 1 atom stereocenters. The molecule has 4 nitrogen and oxygen atoms in total. The van der Waals surface area contributed by atoms with E-state index in [1.54, 1.807) is 16.4 Å². The quantitative estimate of drug-likeness (QED) is 0.741. The lowest BCUT2D eigenvalue weighted by molar-refractivity contribution is 0.158. The van der Waals surface area contributed by atoms with Crippen molar-refractivity contribution in [3.05, 3.63) is 28.2 Å². The van der Waals surface area contributed by atoms with E-state index in [1.165, 1.54) is 6.42 Å². The van der Waals surface area contributed by atoms with Gasteiger partial charge in [0.25, 0.3) is 0 Å². The third kappa shape index (κ3) is 3.01. The highest BCUT2D eigenvalue weighted by atomic mass is 79.9. The summed E-state index contributed by atoms with van der Waals surface area (Å²) >= 11 is 9.19. The summed E-state index contributed by atoms with van der Waals surface area (Å²) in [6, 6.07) is 5.65. The van der Waals surface area contributed by atoms with Crippen LogP contribution in [0.15, 0.2) is 27.6 Å². The second-order valence-corrected chi connectivity index (χ2v) is 8.62. The Labute approximate surface area is 139 Å². The van der Waals surface area contributed by atoms with Crippen molar-refractivity contribution in [2.45, 2.75) is 29.7 Å². The number of sulfonamides is 1. The van der Waals surface area contributed by atoms with E-state index in [-0.39, 0.29) is 0 Å². The Morgan fingerprint density at radius 2 is 2.10 bits per heavy atom. The molecule has 1 unspecified atom stereocenters. The Bertz CT molecular complexity index is 638. The van der Waals surface area contributed by atoms with Crippen LogP contribution in [0.2, 0.25) is 0 Å². The van der Waals surface area contributed by atoms with Crippen LogP contribution < -0.4 is 0 Å². The fraction of sp³-hybridized carbons (Fsp3) is 0.571. The fourth-order valence-electron chi connectivity index (χ4n) is 3.15. The number of benzene rings is 1. The molecule has 1 aromatic rings. The molecule has 0 amide bonds. The first-order chi connectivity index (χ1) is 10.0. The number of rotatable bonds is 3. The standard InChI is InChI=1S/C14H18BrClN2O2S/c15-13-4-3-11(9-16)8-14(13)21(19,20)18-7-6-17-5-1-2-12(17)10-18/h3-4,8,12H,1-2,5-7,9-10H2. The van der Waals surface area contributed by atoms with Gasteiger partial charge in [-0.25, -0.2) is 8.42 Å². The molecule has 7 heteroatoms. The summed E-state index contributed by atoms with van der Waals surface area (Å²) in [6.45, 7) is 3.09. The Balaban J connectivity index is 1.90. The highest BCUT2D eigenvalue weighted by Gasteiger charge is 2.36. The Kier molecular flexibility index (Phi) is 4.62. The van der Waals surface area contributed by atoms with Crippen LogP contribution in [0.4, 0.5) is 0 Å². The molecule has 2 saturated heterocycles. The molecule has 0 saturated carbocycles. The lowest BCUT2D eigenvalue weighted by Gasteiger charge is -2.36. The number of hydrogen-bond donors (Lipinski definition) is 0. The van der Waals surface area contributed by atoms with Crippen LogP contribution in [0, 0.1) is 0 Å². The largest absolute Gasteiger partial charge is 0.298 e. The van der Waals surface area contributed by atoms with E-state index in [4.69, 9.17) is 11.6 Å². The molecule has 2 aliphatic rings. The van der Waals surface area contributed by atoms with Crippen LogP contribution in [0.25, 0.3) is 0 Å². The lowest BCUT2D eigenvalue weighted by atomic mass is 10.2. The minimum absolute atomic E-state index is 0.312. The van der Waals surface area contributed by atoms with Crippen molar-refractivity contribution < 1.29 is 8.42 Å². The monoisotopic (exact) mass is 392 g/mol. The van der Waals surface area contributed by atoms with Gasteiger partial charge >= 0.3 is 0 Å². The third-order valence-corrected chi connectivity index (χ3v) is 7.49. The Morgan fingerprint density at radius 3 is 2.86 bits per heavy atom. The smallest absolute Gasteiger partial charge is 0.244 e. The number of piperazine rings is 1. The van der Waals surface area contributed by atoms with Gasteiger partial charge in [-0.05, 0) is 53.0 Å². The summed E-state index contributed by atoms with van der Waals surface area (Å²) in [5.74, 6) is 0.312. The zero-order valence-corrected chi connectivity index (χ0v) is 14.8. The molecular weight excluding hydrogens is 376 g/mol. The summed E-state index contributed by atoms with van der Waals surface area (Å²) < 4.78 is 28.0. The predicted molar refractivity (Wildman–Crippen MR) is 87.1 cm³/mol. The first-order valence-electron chi connectivity index (χ1n) is 7.11. The highest BCUT2D eigenvalue weighted by molar-refractivity contribution is 9.10. The topological polar surface area (TPSA) is 40.6 Å². The van der Waals surface area contributed by atoms with Crippen LogP contribution in [0.3, 0.4) is 0 Å². The van der Waals surface area contributed by atoms with Gasteiger partial charge in [-0.3, -0.25) is 4.90 Å². The van der Waals surface area contributed by atoms with E-state index < -0.39 is 10.0 Å². The second-order valence-electron chi connectivity index (χ2n) is 5.59. The summed E-state index contributed by atoms with van der Waals surface area (Å²) in [6.07, 6.45) is 2.26. The third-order valence-electron chi connectivity index (χ3n) is 4.32. The molecule has 21 heavy (non-hydrogen) atoms. The van der Waals surface area contributed by atoms with Crippen LogP contribution in [0.1, 0.15) is 18.4 Å². The molecule has 2 aliphatic heterocycles. The number of fused-ring (bicyclic) bond motifs is 1. The van der Waals surface area contributed by atoms with E-state index >= 15 is 0 Å². The molecule has 0 aliphatic carbocycles. The molecular formula is C14H18BrClN2O2S. The average molecular weight is 394 g/mol. The van der Waals surface area contributed by atoms with Crippen molar-refractivity contribution in [1.29, 1.82) is 0 Å². The molecule has 1 aromatic carbocycles. The molecule has 3 rings (SSSR count). The molecule has 0 spiro atoms. The van der Waals surface area contributed by atoms with E-state index in [1.807, 2.05) is 6.07 Å². The summed E-state index contributed by atoms with van der Waals surface area (Å²) in [4.78, 5) is 2.73. The zero-order valence-electron chi connectivity index (χ0n) is 11.6. The molecule has 0 radical (unpaired) electrons. The maximum atomic E-state index is 12.9. The molecule has 2 heterocycles. The van der Waals surface area contributed by atoms with E-state index in [2.05, 4.69) is 20.8 Å². The Morgan fingerprint density at radius 1 is 1.29 bits per heavy atom. The molecule has 0 N–H and O–H groups in total. The summed E-state index contributed by atoms with van der Waals surface area (Å²) in [5, 5.41) is 0. The Hall–Kier alpha value is -0.140. The van der Waals surface area contributed by atoms with Crippen molar-refractivity contribution in [3.63, 3.8) is 0 Å². The number of nitrogens with zero attached hydrogens (tertiary/aromatic N) is 2. The minimum atomic E-state index is -3.46. The van der Waals surface area contributed by atoms with E-state index in [0.29, 0.717) is 34.4 Å². The maximum Gasteiger partial charge on any atom is 0.244 e. The lowest BCUT2D eigenvalue weighted by Crippen LogP contribution is -2.51. The average Bonchev–Trinajstić information content (AvgIpc) is 2.95. The fourth-order valence-corrected chi connectivity index (χ4v) is 5.76. The predicted octanol–water partition coefficient (Wildman–Crippen LogP) is 2.66. The maximum absolute atomic E-state index is 12.9. The molecule has 0 aromatic heterocycles. The van der Waals surface area contributed by atoms with Gasteiger partial charge in [0.2, 0.25) is 10.0 Å². The van der Waals surface area contributed by atoms with E-state index in [0.717, 1.165) is 25.1 Å². The van der Waals surface area contributed by atoms with Gasteiger partial charge in [-0.15, -0.1) is 11.6 Å². The van der Waals surface area contributed by atoms with Gasteiger partial charge in [0.05, 0.1) is 4.90 Å². The number of hydrogen-bond acceptors (Lipinski definition) is 3. The summed E-state index contributed by atoms with van der Waals surface area (Å²) in [5.41, 5.74) is 0.818. The first kappa shape index (κ1) is 15.7. The van der Waals surface area contributed by atoms with Crippen molar-refractivity contribution in [1.82, 2.24) is 9.21 Å². The van der Waals surface area contributed by atoms with Gasteiger partial charge in [0.1, 0.15) is 0 Å². The van der Waals surface area contributed by atoms with Crippen molar-refractivity contribution in [2.24, 2.45) is 0 Å². The van der Waals surface area contributed by atoms with E-state index in [9.17, 15) is 8.42 Å². The van der Waals surface area contributed by atoms with Gasteiger partial charge in [0.15, 0.2) is 0 Å². The van der Waals surface area contributed by atoms with Crippen LogP contribution in [0.5, 0.6) is 0 Å². The highest BCUT2D eigenvalue weighted by Crippen LogP contribution is 2.30. The normalized spacial score (nSPS) is 24.2. The molecule has 116 valence electrons. The van der Waals surface area contributed by atoms with Crippen LogP contribution in [-0.2, 0) is 15.9 Å². The minimum Gasteiger partial charge on any atom is -0.298 e. The number of halogens is 2. The summed E-state index contributed by atoms with van der Waals surface area (Å²) in [7, 11) is -3.46. The van der Waals surface area contributed by atoms with Crippen molar-refractivity contribution in [2.75, 3.05) is 26.2 Å². The van der Waals surface area contributed by atoms with Gasteiger partial charge in [0, 0.05) is 36.0 Å². The van der Waals surface area contributed by atoms with Gasteiger partial charge in [-0.1, -0.05) is 6.07 Å². The van der Waals surface area contributed by atoms with Crippen molar-refractivity contribution in [3.8, 4) is 0 Å². The van der Waals surface area contributed by atoms with Gasteiger partial charge in [-0.2, -0.15) is 4.31 Å². The van der Waals surface area contributed by atoms with Crippen molar-refractivity contribution >= 4 is 37.6 Å². The zero-order chi connectivity index (χ0) is 15.0. The second kappa shape index (κ2) is 6.16. The molecule has 2 fully saturated rings. The van der Waals surface area contributed by atoms with Crippen LogP contribution >= 0.6 is 27.5 Å².